The topological polar surface area (TPSA) is 90.5 Å². The molecule has 4 aromatic rings. The van der Waals surface area contributed by atoms with Gasteiger partial charge in [0.25, 0.3) is 0 Å². The van der Waals surface area contributed by atoms with Crippen LogP contribution in [-0.4, -0.2) is 22.2 Å². The van der Waals surface area contributed by atoms with Gasteiger partial charge in [0.2, 0.25) is 5.95 Å². The Morgan fingerprint density at radius 3 is 2.42 bits per heavy atom. The first kappa shape index (κ1) is 20.5. The van der Waals surface area contributed by atoms with E-state index in [-0.39, 0.29) is 18.3 Å². The van der Waals surface area contributed by atoms with Crippen molar-refractivity contribution in [3.63, 3.8) is 0 Å². The summed E-state index contributed by atoms with van der Waals surface area (Å²) in [6, 6.07) is 20.0. The third kappa shape index (κ3) is 4.54. The number of phenolic OH excluding ortho intramolecular Hbond substituents is 1. The molecule has 0 bridgehead atoms. The van der Waals surface area contributed by atoms with Gasteiger partial charge in [0.1, 0.15) is 23.9 Å². The summed E-state index contributed by atoms with van der Waals surface area (Å²) in [5.41, 5.74) is 9.34. The second kappa shape index (κ2) is 8.93. The van der Waals surface area contributed by atoms with Crippen LogP contribution in [0.5, 0.6) is 17.2 Å². The van der Waals surface area contributed by atoms with Gasteiger partial charge in [0.05, 0.1) is 12.8 Å². The number of rotatable bonds is 6. The summed E-state index contributed by atoms with van der Waals surface area (Å²) in [6.45, 7) is 0.288. The van der Waals surface area contributed by atoms with Crippen molar-refractivity contribution in [1.82, 2.24) is 9.97 Å². The van der Waals surface area contributed by atoms with Crippen LogP contribution in [0.2, 0.25) is 5.02 Å². The van der Waals surface area contributed by atoms with E-state index < -0.39 is 0 Å². The van der Waals surface area contributed by atoms with Crippen LogP contribution in [0, 0.1) is 0 Å². The van der Waals surface area contributed by atoms with Gasteiger partial charge in [-0.05, 0) is 35.9 Å². The highest BCUT2D eigenvalue weighted by Crippen LogP contribution is 2.38. The van der Waals surface area contributed by atoms with Crippen LogP contribution in [0.15, 0.2) is 72.9 Å². The van der Waals surface area contributed by atoms with Crippen LogP contribution in [0.4, 0.5) is 5.95 Å². The predicted molar refractivity (Wildman–Crippen MR) is 121 cm³/mol. The molecule has 0 spiro atoms. The molecule has 0 atom stereocenters. The fourth-order valence-corrected chi connectivity index (χ4v) is 3.35. The highest BCUT2D eigenvalue weighted by molar-refractivity contribution is 6.31. The van der Waals surface area contributed by atoms with Crippen LogP contribution in [0.25, 0.3) is 22.4 Å². The van der Waals surface area contributed by atoms with Gasteiger partial charge in [-0.3, -0.25) is 0 Å². The Bertz CT molecular complexity index is 1210. The number of hydrogen-bond acceptors (Lipinski definition) is 6. The number of nitrogens with zero attached hydrogens (tertiary/aromatic N) is 2. The standard InChI is InChI=1S/C24H20ClN3O3/c1-30-17-8-6-15(7-9-17)20-13-27-24(26)28-23(20)19-11-10-18(12-22(19)29)31-14-16-4-2-3-5-21(16)25/h2-13,29H,14H2,1H3,(H2,26,27,28). The molecule has 6 nitrogen and oxygen atoms in total. The Labute approximate surface area is 184 Å². The van der Waals surface area contributed by atoms with Gasteiger partial charge in [-0.25, -0.2) is 9.97 Å². The van der Waals surface area contributed by atoms with Crippen molar-refractivity contribution in [1.29, 1.82) is 0 Å². The Kier molecular flexibility index (Phi) is 5.91. The average Bonchev–Trinajstić information content (AvgIpc) is 2.79. The number of aromatic hydroxyl groups is 1. The van der Waals surface area contributed by atoms with Gasteiger partial charge in [-0.2, -0.15) is 0 Å². The van der Waals surface area contributed by atoms with Crippen molar-refractivity contribution in [3.8, 4) is 39.6 Å². The maximum absolute atomic E-state index is 10.7. The minimum atomic E-state index is 0.0181. The summed E-state index contributed by atoms with van der Waals surface area (Å²) in [5.74, 6) is 1.38. The van der Waals surface area contributed by atoms with Gasteiger partial charge in [-0.1, -0.05) is 41.9 Å². The highest BCUT2D eigenvalue weighted by Gasteiger charge is 2.15. The van der Waals surface area contributed by atoms with E-state index in [1.54, 1.807) is 37.6 Å². The van der Waals surface area contributed by atoms with Crippen molar-refractivity contribution >= 4 is 17.5 Å². The van der Waals surface area contributed by atoms with Gasteiger partial charge >= 0.3 is 0 Å². The third-order valence-electron chi connectivity index (χ3n) is 4.78. The van der Waals surface area contributed by atoms with E-state index in [1.165, 1.54) is 0 Å². The zero-order valence-corrected chi connectivity index (χ0v) is 17.5. The molecule has 0 amide bonds. The lowest BCUT2D eigenvalue weighted by Crippen LogP contribution is -1.99. The van der Waals surface area contributed by atoms with E-state index in [1.807, 2.05) is 42.5 Å². The zero-order valence-electron chi connectivity index (χ0n) is 16.7. The molecule has 0 unspecified atom stereocenters. The summed E-state index contributed by atoms with van der Waals surface area (Å²) in [6.07, 6.45) is 1.64. The SMILES string of the molecule is COc1ccc(-c2cnc(N)nc2-c2ccc(OCc3ccccc3Cl)cc2O)cc1. The lowest BCUT2D eigenvalue weighted by atomic mass is 10.00. The molecular weight excluding hydrogens is 414 g/mol. The molecule has 0 radical (unpaired) electrons. The molecule has 0 fully saturated rings. The van der Waals surface area contributed by atoms with E-state index in [0.717, 1.165) is 22.4 Å². The van der Waals surface area contributed by atoms with E-state index in [9.17, 15) is 5.11 Å². The summed E-state index contributed by atoms with van der Waals surface area (Å²) >= 11 is 6.17. The first-order valence-corrected chi connectivity index (χ1v) is 9.89. The zero-order chi connectivity index (χ0) is 21.8. The lowest BCUT2D eigenvalue weighted by molar-refractivity contribution is 0.304. The van der Waals surface area contributed by atoms with Gasteiger partial charge in [0.15, 0.2) is 0 Å². The fourth-order valence-electron chi connectivity index (χ4n) is 3.16. The van der Waals surface area contributed by atoms with Crippen molar-refractivity contribution < 1.29 is 14.6 Å². The maximum Gasteiger partial charge on any atom is 0.220 e. The lowest BCUT2D eigenvalue weighted by Gasteiger charge is -2.13. The number of ether oxygens (including phenoxy) is 2. The van der Waals surface area contributed by atoms with Crippen LogP contribution < -0.4 is 15.2 Å². The normalized spacial score (nSPS) is 10.6. The predicted octanol–water partition coefficient (Wildman–Crippen LogP) is 5.34. The quantitative estimate of drug-likeness (QED) is 0.426. The maximum atomic E-state index is 10.7. The van der Waals surface area contributed by atoms with Crippen LogP contribution >= 0.6 is 11.6 Å². The average molecular weight is 434 g/mol. The van der Waals surface area contributed by atoms with E-state index >= 15 is 0 Å². The molecule has 1 heterocycles. The van der Waals surface area contributed by atoms with Crippen LogP contribution in [0.1, 0.15) is 5.56 Å². The molecule has 0 saturated heterocycles. The van der Waals surface area contributed by atoms with Crippen molar-refractivity contribution in [3.05, 3.63) is 83.5 Å². The summed E-state index contributed by atoms with van der Waals surface area (Å²) in [5, 5.41) is 11.3. The van der Waals surface area contributed by atoms with Crippen molar-refractivity contribution in [2.24, 2.45) is 0 Å². The molecule has 3 N–H and O–H groups in total. The second-order valence-electron chi connectivity index (χ2n) is 6.78. The number of phenols is 1. The van der Waals surface area contributed by atoms with Gasteiger partial charge in [0, 0.05) is 34.0 Å². The number of hydrogen-bond donors (Lipinski definition) is 2. The first-order chi connectivity index (χ1) is 15.0. The van der Waals surface area contributed by atoms with Gasteiger partial charge in [-0.15, -0.1) is 0 Å². The van der Waals surface area contributed by atoms with Crippen molar-refractivity contribution in [2.45, 2.75) is 6.61 Å². The van der Waals surface area contributed by atoms with Crippen LogP contribution in [-0.2, 0) is 6.61 Å². The number of benzene rings is 3. The fraction of sp³-hybridized carbons (Fsp3) is 0.0833. The monoisotopic (exact) mass is 433 g/mol. The van der Waals surface area contributed by atoms with E-state index in [2.05, 4.69) is 9.97 Å². The summed E-state index contributed by atoms with van der Waals surface area (Å²) in [4.78, 5) is 8.49. The molecule has 3 aromatic carbocycles. The van der Waals surface area contributed by atoms with E-state index in [4.69, 9.17) is 26.8 Å². The molecular formula is C24H20ClN3O3. The molecule has 31 heavy (non-hydrogen) atoms. The summed E-state index contributed by atoms with van der Waals surface area (Å²) in [7, 11) is 1.61. The smallest absolute Gasteiger partial charge is 0.220 e. The largest absolute Gasteiger partial charge is 0.507 e. The highest BCUT2D eigenvalue weighted by atomic mass is 35.5. The number of aromatic nitrogens is 2. The molecule has 1 aromatic heterocycles. The third-order valence-corrected chi connectivity index (χ3v) is 5.15. The van der Waals surface area contributed by atoms with E-state index in [0.29, 0.717) is 22.0 Å². The Morgan fingerprint density at radius 2 is 1.71 bits per heavy atom. The molecule has 0 aliphatic carbocycles. The molecule has 0 aliphatic heterocycles. The number of nitrogen functional groups attached to an aromatic ring is 1. The number of anilines is 1. The molecule has 4 rings (SSSR count). The van der Waals surface area contributed by atoms with Crippen molar-refractivity contribution in [2.75, 3.05) is 12.8 Å². The minimum absolute atomic E-state index is 0.0181. The van der Waals surface area contributed by atoms with Crippen LogP contribution in [0.3, 0.4) is 0 Å². The molecule has 0 aliphatic rings. The Balaban J connectivity index is 1.65. The Morgan fingerprint density at radius 1 is 0.968 bits per heavy atom. The van der Waals surface area contributed by atoms with Gasteiger partial charge < -0.3 is 20.3 Å². The number of nitrogens with two attached hydrogens (primary N) is 1. The first-order valence-electron chi connectivity index (χ1n) is 9.51. The second-order valence-corrected chi connectivity index (χ2v) is 7.19. The molecule has 7 heteroatoms. The summed E-state index contributed by atoms with van der Waals surface area (Å²) < 4.78 is 11.0. The molecule has 0 saturated carbocycles. The number of halogens is 1. The Hall–Kier alpha value is -3.77. The minimum Gasteiger partial charge on any atom is -0.507 e. The number of methoxy groups -OCH3 is 1. The molecule has 156 valence electrons.